The van der Waals surface area contributed by atoms with Gasteiger partial charge in [-0.05, 0) is 19.1 Å². The molecule has 0 aliphatic rings. The molecule has 15 heavy (non-hydrogen) atoms. The predicted octanol–water partition coefficient (Wildman–Crippen LogP) is 2.77. The fourth-order valence-electron chi connectivity index (χ4n) is 1.71. The van der Waals surface area contributed by atoms with E-state index in [0.29, 0.717) is 0 Å². The summed E-state index contributed by atoms with van der Waals surface area (Å²) in [5.74, 6) is 0. The van der Waals surface area contributed by atoms with Crippen molar-refractivity contribution in [3.8, 4) is 10.7 Å². The molecule has 74 valence electrons. The monoisotopic (exact) mass is 215 g/mol. The third kappa shape index (κ3) is 1.26. The van der Waals surface area contributed by atoms with Crippen molar-refractivity contribution in [3.63, 3.8) is 0 Å². The van der Waals surface area contributed by atoms with Gasteiger partial charge in [0.2, 0.25) is 0 Å². The molecule has 0 unspecified atom stereocenters. The lowest BCUT2D eigenvalue weighted by atomic mass is 10.3. The molecule has 3 aromatic heterocycles. The summed E-state index contributed by atoms with van der Waals surface area (Å²) in [6.45, 7) is 2.02. The van der Waals surface area contributed by atoms with Crippen LogP contribution in [0.15, 0.2) is 36.0 Å². The molecule has 0 saturated heterocycles. The van der Waals surface area contributed by atoms with E-state index in [-0.39, 0.29) is 0 Å². The lowest BCUT2D eigenvalue weighted by molar-refractivity contribution is 1.18. The Kier molecular flexibility index (Phi) is 1.82. The number of imidazole rings is 1. The van der Waals surface area contributed by atoms with E-state index in [1.807, 2.05) is 42.9 Å². The van der Waals surface area contributed by atoms with Crippen LogP contribution in [0.4, 0.5) is 0 Å². The molecule has 0 aromatic carbocycles. The minimum Gasteiger partial charge on any atom is -0.297 e. The molecule has 0 aliphatic carbocycles. The number of hydrogen-bond acceptors (Lipinski definition) is 3. The van der Waals surface area contributed by atoms with Gasteiger partial charge in [-0.1, -0.05) is 6.07 Å². The van der Waals surface area contributed by atoms with Gasteiger partial charge in [0, 0.05) is 17.8 Å². The third-order valence-corrected chi connectivity index (χ3v) is 3.12. The second kappa shape index (κ2) is 3.17. The molecule has 0 amide bonds. The van der Waals surface area contributed by atoms with Crippen LogP contribution in [0.1, 0.15) is 5.69 Å². The topological polar surface area (TPSA) is 30.2 Å². The Morgan fingerprint density at radius 1 is 1.33 bits per heavy atom. The minimum absolute atomic E-state index is 0.972. The summed E-state index contributed by atoms with van der Waals surface area (Å²) in [5.41, 5.74) is 3.09. The van der Waals surface area contributed by atoms with Gasteiger partial charge in [0.1, 0.15) is 16.3 Å². The molecular weight excluding hydrogens is 206 g/mol. The minimum atomic E-state index is 0.972. The highest BCUT2D eigenvalue weighted by Gasteiger charge is 2.11. The summed E-state index contributed by atoms with van der Waals surface area (Å²) in [6, 6.07) is 6.00. The van der Waals surface area contributed by atoms with Gasteiger partial charge in [-0.25, -0.2) is 9.97 Å². The maximum atomic E-state index is 4.50. The molecule has 0 radical (unpaired) electrons. The fraction of sp³-hybridized carbons (Fsp3) is 0.0909. The van der Waals surface area contributed by atoms with Crippen LogP contribution in [0, 0.1) is 6.92 Å². The fourth-order valence-corrected chi connectivity index (χ4v) is 2.44. The van der Waals surface area contributed by atoms with Crippen molar-refractivity contribution in [2.75, 3.05) is 0 Å². The average Bonchev–Trinajstić information content (AvgIpc) is 2.82. The van der Waals surface area contributed by atoms with Gasteiger partial charge < -0.3 is 0 Å². The molecule has 0 aliphatic heterocycles. The molecule has 0 bridgehead atoms. The quantitative estimate of drug-likeness (QED) is 0.624. The van der Waals surface area contributed by atoms with Crippen LogP contribution in [0.2, 0.25) is 0 Å². The van der Waals surface area contributed by atoms with Crippen molar-refractivity contribution in [3.05, 3.63) is 41.7 Å². The Balaban J connectivity index is 2.39. The second-order valence-electron chi connectivity index (χ2n) is 3.31. The van der Waals surface area contributed by atoms with E-state index >= 15 is 0 Å². The first-order valence-electron chi connectivity index (χ1n) is 4.70. The molecule has 0 N–H and O–H groups in total. The summed E-state index contributed by atoms with van der Waals surface area (Å²) in [4.78, 5) is 8.83. The third-order valence-electron chi connectivity index (χ3n) is 2.34. The largest absolute Gasteiger partial charge is 0.297 e. The number of pyridine rings is 1. The smallest absolute Gasteiger partial charge is 0.142 e. The van der Waals surface area contributed by atoms with Crippen LogP contribution in [0.3, 0.4) is 0 Å². The highest BCUT2D eigenvalue weighted by Crippen LogP contribution is 2.25. The molecule has 0 spiro atoms. The molecular formula is C11H9N3S. The maximum Gasteiger partial charge on any atom is 0.142 e. The van der Waals surface area contributed by atoms with Crippen molar-refractivity contribution in [2.24, 2.45) is 0 Å². The van der Waals surface area contributed by atoms with E-state index in [1.165, 1.54) is 0 Å². The van der Waals surface area contributed by atoms with Crippen molar-refractivity contribution >= 4 is 17.0 Å². The number of nitrogens with zero attached hydrogens (tertiary/aromatic N) is 3. The first kappa shape index (κ1) is 8.61. The van der Waals surface area contributed by atoms with Crippen molar-refractivity contribution < 1.29 is 0 Å². The highest BCUT2D eigenvalue weighted by molar-refractivity contribution is 7.13. The van der Waals surface area contributed by atoms with Crippen LogP contribution < -0.4 is 0 Å². The van der Waals surface area contributed by atoms with Crippen molar-refractivity contribution in [1.29, 1.82) is 0 Å². The Bertz CT molecular complexity index is 595. The maximum absolute atomic E-state index is 4.50. The van der Waals surface area contributed by atoms with Crippen LogP contribution in [-0.4, -0.2) is 14.4 Å². The standard InChI is InChI=1S/C11H9N3S/c1-8-10(11-12-5-7-15-11)14-6-3-2-4-9(14)13-8/h2-7H,1H3. The van der Waals surface area contributed by atoms with Gasteiger partial charge in [-0.15, -0.1) is 11.3 Å². The average molecular weight is 215 g/mol. The first-order chi connectivity index (χ1) is 7.36. The number of hydrogen-bond donors (Lipinski definition) is 0. The molecule has 3 nitrogen and oxygen atoms in total. The zero-order chi connectivity index (χ0) is 10.3. The molecule has 3 rings (SSSR count). The van der Waals surface area contributed by atoms with Crippen molar-refractivity contribution in [1.82, 2.24) is 14.4 Å². The van der Waals surface area contributed by atoms with Crippen LogP contribution in [0.25, 0.3) is 16.3 Å². The van der Waals surface area contributed by atoms with E-state index in [2.05, 4.69) is 14.4 Å². The summed E-state index contributed by atoms with van der Waals surface area (Å²) in [5, 5.41) is 3.00. The number of aromatic nitrogens is 3. The first-order valence-corrected chi connectivity index (χ1v) is 5.58. The van der Waals surface area contributed by atoms with E-state index in [9.17, 15) is 0 Å². The molecule has 0 saturated carbocycles. The summed E-state index contributed by atoms with van der Waals surface area (Å²) >= 11 is 1.64. The summed E-state index contributed by atoms with van der Waals surface area (Å²) < 4.78 is 2.08. The SMILES string of the molecule is Cc1nc2ccccn2c1-c1nccs1. The zero-order valence-corrected chi connectivity index (χ0v) is 9.03. The highest BCUT2D eigenvalue weighted by atomic mass is 32.1. The second-order valence-corrected chi connectivity index (χ2v) is 4.21. The summed E-state index contributed by atoms with van der Waals surface area (Å²) in [6.07, 6.45) is 3.84. The number of rotatable bonds is 1. The lowest BCUT2D eigenvalue weighted by Gasteiger charge is -1.97. The normalized spacial score (nSPS) is 11.0. The van der Waals surface area contributed by atoms with E-state index in [4.69, 9.17) is 0 Å². The van der Waals surface area contributed by atoms with Gasteiger partial charge in [0.25, 0.3) is 0 Å². The zero-order valence-electron chi connectivity index (χ0n) is 8.21. The van der Waals surface area contributed by atoms with Crippen molar-refractivity contribution in [2.45, 2.75) is 6.92 Å². The van der Waals surface area contributed by atoms with E-state index < -0.39 is 0 Å². The Morgan fingerprint density at radius 2 is 2.27 bits per heavy atom. The van der Waals surface area contributed by atoms with E-state index in [0.717, 1.165) is 22.0 Å². The summed E-state index contributed by atoms with van der Waals surface area (Å²) in [7, 11) is 0. The molecule has 3 aromatic rings. The molecule has 3 heterocycles. The van der Waals surface area contributed by atoms with Crippen LogP contribution in [0.5, 0.6) is 0 Å². The van der Waals surface area contributed by atoms with Gasteiger partial charge in [-0.3, -0.25) is 4.40 Å². The molecule has 0 atom stereocenters. The van der Waals surface area contributed by atoms with Gasteiger partial charge in [0.05, 0.1) is 5.69 Å². The van der Waals surface area contributed by atoms with Crippen LogP contribution in [-0.2, 0) is 0 Å². The van der Waals surface area contributed by atoms with Crippen LogP contribution >= 0.6 is 11.3 Å². The van der Waals surface area contributed by atoms with Gasteiger partial charge >= 0.3 is 0 Å². The van der Waals surface area contributed by atoms with Gasteiger partial charge in [-0.2, -0.15) is 0 Å². The Labute approximate surface area is 91.1 Å². The lowest BCUT2D eigenvalue weighted by Crippen LogP contribution is -1.87. The number of fused-ring (bicyclic) bond motifs is 1. The van der Waals surface area contributed by atoms with E-state index in [1.54, 1.807) is 11.3 Å². The predicted molar refractivity (Wildman–Crippen MR) is 61.0 cm³/mol. The number of thiazole rings is 1. The van der Waals surface area contributed by atoms with Gasteiger partial charge in [0.15, 0.2) is 0 Å². The Hall–Kier alpha value is -1.68. The molecule has 0 fully saturated rings. The number of aryl methyl sites for hydroxylation is 1. The Morgan fingerprint density at radius 3 is 3.07 bits per heavy atom. The molecule has 4 heteroatoms.